The summed E-state index contributed by atoms with van der Waals surface area (Å²) in [6.07, 6.45) is 0. The predicted octanol–water partition coefficient (Wildman–Crippen LogP) is 6.61. The second-order valence-electron chi connectivity index (χ2n) is 9.42. The summed E-state index contributed by atoms with van der Waals surface area (Å²) < 4.78 is 34.8. The number of hydrogen-bond donors (Lipinski definition) is 1. The predicted molar refractivity (Wildman–Crippen MR) is 161 cm³/mol. The highest BCUT2D eigenvalue weighted by Crippen LogP contribution is 2.31. The summed E-state index contributed by atoms with van der Waals surface area (Å²) in [5.74, 6) is 0.160. The van der Waals surface area contributed by atoms with E-state index in [9.17, 15) is 13.2 Å². The standard InChI is InChI=1S/C34H30N2O4S/c1-40-29-21-23-30(24-22-29)41(38,39)36(25-26-13-5-2-6-14-26)32-20-12-11-19-31(32)34(37)35-33(27-15-7-3-8-16-27)28-17-9-4-10-18-28/h2-24,33H,25H2,1H3,(H,35,37). The van der Waals surface area contributed by atoms with Crippen LogP contribution in [-0.2, 0) is 16.6 Å². The van der Waals surface area contributed by atoms with Gasteiger partial charge in [-0.15, -0.1) is 0 Å². The molecule has 41 heavy (non-hydrogen) atoms. The minimum atomic E-state index is -4.07. The summed E-state index contributed by atoms with van der Waals surface area (Å²) in [7, 11) is -2.54. The van der Waals surface area contributed by atoms with Crippen LogP contribution in [0.25, 0.3) is 0 Å². The monoisotopic (exact) mass is 562 g/mol. The van der Waals surface area contributed by atoms with Gasteiger partial charge in [-0.05, 0) is 53.1 Å². The number of nitrogens with zero attached hydrogens (tertiary/aromatic N) is 1. The van der Waals surface area contributed by atoms with Crippen molar-refractivity contribution in [3.8, 4) is 5.75 Å². The van der Waals surface area contributed by atoms with E-state index in [2.05, 4.69) is 5.32 Å². The van der Waals surface area contributed by atoms with Crippen molar-refractivity contribution in [2.45, 2.75) is 17.5 Å². The van der Waals surface area contributed by atoms with Gasteiger partial charge in [-0.1, -0.05) is 103 Å². The topological polar surface area (TPSA) is 75.7 Å². The summed E-state index contributed by atoms with van der Waals surface area (Å²) in [6, 6.07) is 41.3. The summed E-state index contributed by atoms with van der Waals surface area (Å²) in [4.78, 5) is 14.1. The summed E-state index contributed by atoms with van der Waals surface area (Å²) in [5.41, 5.74) is 3.14. The van der Waals surface area contributed by atoms with Crippen LogP contribution in [0.2, 0.25) is 0 Å². The fraction of sp³-hybridized carbons (Fsp3) is 0.0882. The van der Waals surface area contributed by atoms with E-state index in [0.717, 1.165) is 16.7 Å². The van der Waals surface area contributed by atoms with Crippen molar-refractivity contribution >= 4 is 21.6 Å². The van der Waals surface area contributed by atoms with Gasteiger partial charge in [-0.2, -0.15) is 0 Å². The average molecular weight is 563 g/mol. The number of para-hydroxylation sites is 1. The van der Waals surface area contributed by atoms with Gasteiger partial charge in [0.15, 0.2) is 0 Å². The van der Waals surface area contributed by atoms with Crippen LogP contribution in [0.5, 0.6) is 5.75 Å². The Morgan fingerprint density at radius 3 is 1.78 bits per heavy atom. The normalized spacial score (nSPS) is 11.2. The number of carbonyl (C=O) groups is 1. The molecule has 5 rings (SSSR count). The molecule has 0 aliphatic rings. The SMILES string of the molecule is COc1ccc(S(=O)(=O)N(Cc2ccccc2)c2ccccc2C(=O)NC(c2ccccc2)c2ccccc2)cc1. The van der Waals surface area contributed by atoms with E-state index < -0.39 is 16.1 Å². The van der Waals surface area contributed by atoms with Crippen LogP contribution in [0.15, 0.2) is 144 Å². The number of carbonyl (C=O) groups excluding carboxylic acids is 1. The average Bonchev–Trinajstić information content (AvgIpc) is 3.03. The van der Waals surface area contributed by atoms with Crippen molar-refractivity contribution in [2.24, 2.45) is 0 Å². The van der Waals surface area contributed by atoms with Gasteiger partial charge in [-0.3, -0.25) is 9.10 Å². The first-order chi connectivity index (χ1) is 20.0. The minimum Gasteiger partial charge on any atom is -0.497 e. The Hall–Kier alpha value is -4.88. The fourth-order valence-corrected chi connectivity index (χ4v) is 6.14. The maximum Gasteiger partial charge on any atom is 0.264 e. The highest BCUT2D eigenvalue weighted by Gasteiger charge is 2.29. The minimum absolute atomic E-state index is 0.0420. The maximum absolute atomic E-state index is 14.1. The van der Waals surface area contributed by atoms with Crippen molar-refractivity contribution in [3.63, 3.8) is 0 Å². The van der Waals surface area contributed by atoms with Crippen LogP contribution >= 0.6 is 0 Å². The molecule has 0 unspecified atom stereocenters. The van der Waals surface area contributed by atoms with Crippen molar-refractivity contribution in [2.75, 3.05) is 11.4 Å². The molecular weight excluding hydrogens is 532 g/mol. The van der Waals surface area contributed by atoms with Gasteiger partial charge in [0.25, 0.3) is 15.9 Å². The first kappa shape index (κ1) is 27.7. The van der Waals surface area contributed by atoms with Crippen molar-refractivity contribution in [1.29, 1.82) is 0 Å². The second kappa shape index (κ2) is 12.5. The number of ether oxygens (including phenoxy) is 1. The van der Waals surface area contributed by atoms with Crippen molar-refractivity contribution in [3.05, 3.63) is 162 Å². The lowest BCUT2D eigenvalue weighted by atomic mass is 9.98. The number of anilines is 1. The Morgan fingerprint density at radius 2 is 1.22 bits per heavy atom. The van der Waals surface area contributed by atoms with Gasteiger partial charge < -0.3 is 10.1 Å². The van der Waals surface area contributed by atoms with Crippen LogP contribution < -0.4 is 14.4 Å². The van der Waals surface area contributed by atoms with Gasteiger partial charge in [0.1, 0.15) is 5.75 Å². The molecule has 0 aromatic heterocycles. The molecule has 5 aromatic rings. The van der Waals surface area contributed by atoms with Crippen LogP contribution in [0.1, 0.15) is 33.1 Å². The van der Waals surface area contributed by atoms with Crippen LogP contribution in [0.3, 0.4) is 0 Å². The fourth-order valence-electron chi connectivity index (χ4n) is 4.67. The van der Waals surface area contributed by atoms with E-state index in [0.29, 0.717) is 5.75 Å². The molecule has 7 heteroatoms. The van der Waals surface area contributed by atoms with E-state index in [4.69, 9.17) is 4.74 Å². The summed E-state index contributed by atoms with van der Waals surface area (Å²) in [5, 5.41) is 3.15. The molecule has 1 N–H and O–H groups in total. The molecule has 5 aromatic carbocycles. The van der Waals surface area contributed by atoms with Gasteiger partial charge in [0.2, 0.25) is 0 Å². The molecule has 6 nitrogen and oxygen atoms in total. The molecule has 0 bridgehead atoms. The van der Waals surface area contributed by atoms with Gasteiger partial charge >= 0.3 is 0 Å². The van der Waals surface area contributed by atoms with Crippen LogP contribution in [0.4, 0.5) is 5.69 Å². The molecular formula is C34H30N2O4S. The van der Waals surface area contributed by atoms with E-state index >= 15 is 0 Å². The lowest BCUT2D eigenvalue weighted by molar-refractivity contribution is 0.0943. The van der Waals surface area contributed by atoms with Crippen LogP contribution in [-0.4, -0.2) is 21.4 Å². The molecule has 0 saturated carbocycles. The molecule has 0 fully saturated rings. The largest absolute Gasteiger partial charge is 0.497 e. The zero-order valence-corrected chi connectivity index (χ0v) is 23.4. The lowest BCUT2D eigenvalue weighted by Gasteiger charge is -2.27. The molecule has 0 heterocycles. The smallest absolute Gasteiger partial charge is 0.264 e. The molecule has 0 spiro atoms. The number of rotatable bonds is 10. The lowest BCUT2D eigenvalue weighted by Crippen LogP contribution is -2.34. The Balaban J connectivity index is 1.57. The summed E-state index contributed by atoms with van der Waals surface area (Å²) in [6.45, 7) is 0.0420. The first-order valence-electron chi connectivity index (χ1n) is 13.2. The highest BCUT2D eigenvalue weighted by molar-refractivity contribution is 7.92. The first-order valence-corrected chi connectivity index (χ1v) is 14.6. The zero-order chi connectivity index (χ0) is 28.7. The van der Waals surface area contributed by atoms with E-state index in [1.165, 1.54) is 23.5 Å². The van der Waals surface area contributed by atoms with E-state index in [1.807, 2.05) is 91.0 Å². The molecule has 206 valence electrons. The van der Waals surface area contributed by atoms with E-state index in [1.54, 1.807) is 36.4 Å². The van der Waals surface area contributed by atoms with Crippen LogP contribution in [0, 0.1) is 0 Å². The van der Waals surface area contributed by atoms with Crippen molar-refractivity contribution in [1.82, 2.24) is 5.32 Å². The number of benzene rings is 5. The molecule has 1 amide bonds. The highest BCUT2D eigenvalue weighted by atomic mass is 32.2. The Labute approximate surface area is 240 Å². The molecule has 0 atom stereocenters. The Kier molecular flexibility index (Phi) is 8.46. The maximum atomic E-state index is 14.1. The summed E-state index contributed by atoms with van der Waals surface area (Å²) >= 11 is 0. The number of amides is 1. The molecule has 0 aliphatic carbocycles. The third-order valence-electron chi connectivity index (χ3n) is 6.78. The number of nitrogens with one attached hydrogen (secondary N) is 1. The number of methoxy groups -OCH3 is 1. The van der Waals surface area contributed by atoms with Gasteiger partial charge in [0, 0.05) is 0 Å². The van der Waals surface area contributed by atoms with Crippen molar-refractivity contribution < 1.29 is 17.9 Å². The zero-order valence-electron chi connectivity index (χ0n) is 22.6. The Bertz CT molecular complexity index is 1650. The quantitative estimate of drug-likeness (QED) is 0.208. The van der Waals surface area contributed by atoms with Gasteiger partial charge in [-0.25, -0.2) is 8.42 Å². The van der Waals surface area contributed by atoms with E-state index in [-0.39, 0.29) is 28.6 Å². The number of sulfonamides is 1. The third-order valence-corrected chi connectivity index (χ3v) is 8.55. The molecule has 0 aliphatic heterocycles. The Morgan fingerprint density at radius 1 is 0.707 bits per heavy atom. The third kappa shape index (κ3) is 6.31. The number of hydrogen-bond acceptors (Lipinski definition) is 4. The van der Waals surface area contributed by atoms with Gasteiger partial charge in [0.05, 0.1) is 35.8 Å². The second-order valence-corrected chi connectivity index (χ2v) is 11.3. The molecule has 0 saturated heterocycles. The molecule has 0 radical (unpaired) electrons.